The number of β-amino-alcohol motifs (C(OH)–C–C–N with tert-alkyl or cyclic N) is 1. The van der Waals surface area contributed by atoms with Crippen LogP contribution in [-0.4, -0.2) is 130 Å². The predicted octanol–water partition coefficient (Wildman–Crippen LogP) is 9.24. The molecule has 3 fully saturated rings. The number of para-hydroxylation sites is 1. The van der Waals surface area contributed by atoms with E-state index < -0.39 is 57.3 Å². The minimum atomic E-state index is -4.47. The largest absolute Gasteiger partial charge is 0.391 e. The number of nitrogens with zero attached hydrogens (tertiary/aromatic N) is 8. The lowest BCUT2D eigenvalue weighted by molar-refractivity contribution is -0.144. The predicted molar refractivity (Wildman–Crippen MR) is 355 cm³/mol. The molecule has 0 bridgehead atoms. The molecule has 92 heavy (non-hydrogen) atoms. The molecule has 0 unspecified atom stereocenters. The number of amides is 5. The molecule has 480 valence electrons. The highest BCUT2D eigenvalue weighted by Gasteiger charge is 2.45. The van der Waals surface area contributed by atoms with Crippen LogP contribution >= 0.6 is 22.7 Å². The number of piperidine rings is 1. The standard InChI is InChI=1S/C68H76N12O9S3/c1-40(44-14-16-46(17-15-44)60-41(2)69-39-90-60)71-64(84)56-34-49(81)37-79(56)66(86)61(68(4,5)6)74-62(82)47-25-29-77(30-26-47)48-18-20-50(21-19-48)92(87,88)76-65(85)59-51(53-35-70-80(42(53)3)36-43-27-32-89-33-28-43)22-23-58(73-59)78-31-24-45-10-9-11-52(54(45)38-78)63(83)75-67-72-55-12-7-8-13-57(55)91-67/h7-23,35,39-40,43,47,49,56,61,81H,24-34,36-38H2,1-6H3,(H,71,84)(H,74,82)(H,76,85)(H,72,75,83)/t40-,49+,56-,61+/m0/s1. The Labute approximate surface area is 543 Å². The summed E-state index contributed by atoms with van der Waals surface area (Å²) >= 11 is 2.96. The Hall–Kier alpha value is -8.42. The number of aromatic nitrogens is 5. The molecule has 12 rings (SSSR count). The molecule has 4 atom stereocenters. The lowest BCUT2D eigenvalue weighted by Gasteiger charge is -2.38. The second-order valence-electron chi connectivity index (χ2n) is 25.5. The first-order chi connectivity index (χ1) is 44.1. The summed E-state index contributed by atoms with van der Waals surface area (Å²) in [4.78, 5) is 91.6. The van der Waals surface area contributed by atoms with Crippen molar-refractivity contribution in [3.63, 3.8) is 0 Å². The van der Waals surface area contributed by atoms with Gasteiger partial charge in [-0.3, -0.25) is 34.0 Å². The van der Waals surface area contributed by atoms with Crippen molar-refractivity contribution in [3.8, 4) is 21.6 Å². The van der Waals surface area contributed by atoms with Gasteiger partial charge in [0.2, 0.25) is 17.7 Å². The number of aliphatic hydroxyl groups excluding tert-OH is 1. The first kappa shape index (κ1) is 63.7. The van der Waals surface area contributed by atoms with E-state index in [1.807, 2.05) is 123 Å². The average molecular weight is 1300 g/mol. The van der Waals surface area contributed by atoms with Crippen molar-refractivity contribution >= 4 is 89.1 Å². The summed E-state index contributed by atoms with van der Waals surface area (Å²) in [6, 6.07) is 28.8. The molecule has 4 aromatic heterocycles. The number of hydrogen-bond donors (Lipinski definition) is 5. The lowest BCUT2D eigenvalue weighted by atomic mass is 9.84. The minimum absolute atomic E-state index is 0.0492. The minimum Gasteiger partial charge on any atom is -0.391 e. The van der Waals surface area contributed by atoms with Crippen LogP contribution in [-0.2, 0) is 48.7 Å². The second kappa shape index (κ2) is 26.7. The number of aliphatic hydroxyl groups is 1. The number of thiazole rings is 2. The molecule has 5 amide bonds. The molecule has 3 saturated heterocycles. The van der Waals surface area contributed by atoms with Crippen molar-refractivity contribution < 1.29 is 42.2 Å². The SMILES string of the molecule is Cc1ncsc1-c1ccc([C@H](C)NC(=O)[C@@H]2C[C@@H](O)CN2C(=O)[C@@H](NC(=O)C2CCN(c3ccc(S(=O)(=O)NC(=O)c4nc(N5CCc6cccc(C(=O)Nc7nc8ccccc8s7)c6C5)ccc4-c4cnn(CC5CCOCC5)c4C)cc3)CC2)C(C)(C)C)cc1. The summed E-state index contributed by atoms with van der Waals surface area (Å²) in [6.45, 7) is 15.0. The van der Waals surface area contributed by atoms with Crippen LogP contribution in [0.4, 0.5) is 16.6 Å². The van der Waals surface area contributed by atoms with E-state index >= 15 is 0 Å². The number of carbonyl (C=O) groups excluding carboxylic acids is 5. The van der Waals surface area contributed by atoms with Crippen LogP contribution in [0.3, 0.4) is 0 Å². The molecule has 8 aromatic rings. The quantitative estimate of drug-likeness (QED) is 0.0569. The maximum atomic E-state index is 14.7. The Balaban J connectivity index is 0.702. The van der Waals surface area contributed by atoms with Crippen molar-refractivity contribution in [2.24, 2.45) is 17.3 Å². The van der Waals surface area contributed by atoms with Crippen LogP contribution in [0.2, 0.25) is 0 Å². The van der Waals surface area contributed by atoms with Gasteiger partial charge >= 0.3 is 0 Å². The van der Waals surface area contributed by atoms with Gasteiger partial charge in [0.1, 0.15) is 23.6 Å². The third-order valence-corrected chi connectivity index (χ3v) is 21.5. The molecule has 0 radical (unpaired) electrons. The molecule has 4 aliphatic rings. The van der Waals surface area contributed by atoms with Gasteiger partial charge in [0.05, 0.1) is 49.5 Å². The summed E-state index contributed by atoms with van der Waals surface area (Å²) < 4.78 is 39.4. The molecular weight excluding hydrogens is 1230 g/mol. The Bertz CT molecular complexity index is 4150. The molecule has 4 aliphatic heterocycles. The zero-order valence-corrected chi connectivity index (χ0v) is 54.8. The van der Waals surface area contributed by atoms with Crippen LogP contribution in [0.15, 0.2) is 120 Å². The van der Waals surface area contributed by atoms with Crippen molar-refractivity contribution in [1.29, 1.82) is 0 Å². The van der Waals surface area contributed by atoms with Crippen LogP contribution < -0.4 is 30.5 Å². The van der Waals surface area contributed by atoms with Crippen LogP contribution in [0, 0.1) is 31.1 Å². The van der Waals surface area contributed by atoms with Crippen molar-refractivity contribution in [2.45, 2.75) is 122 Å². The van der Waals surface area contributed by atoms with E-state index in [0.717, 1.165) is 67.3 Å². The molecule has 4 aromatic carbocycles. The molecule has 5 N–H and O–H groups in total. The number of benzene rings is 4. The fraction of sp³-hybridized carbons (Fsp3) is 0.397. The second-order valence-corrected chi connectivity index (χ2v) is 29.1. The van der Waals surface area contributed by atoms with Crippen molar-refractivity contribution in [3.05, 3.63) is 154 Å². The van der Waals surface area contributed by atoms with Crippen LogP contribution in [0.25, 0.3) is 31.8 Å². The normalized spacial score (nSPS) is 18.1. The van der Waals surface area contributed by atoms with E-state index in [9.17, 15) is 37.5 Å². The first-order valence-electron chi connectivity index (χ1n) is 31.3. The van der Waals surface area contributed by atoms with Gasteiger partial charge in [-0.2, -0.15) is 5.10 Å². The number of nitrogens with one attached hydrogen (secondary N) is 4. The number of pyridine rings is 1. The highest BCUT2D eigenvalue weighted by atomic mass is 32.2. The maximum absolute atomic E-state index is 14.7. The average Bonchev–Trinajstić information content (AvgIpc) is 1.36. The van der Waals surface area contributed by atoms with Crippen molar-refractivity contribution in [2.75, 3.05) is 54.5 Å². The molecule has 21 nitrogen and oxygen atoms in total. The molecule has 0 spiro atoms. The zero-order valence-electron chi connectivity index (χ0n) is 52.3. The topological polar surface area (TPSA) is 263 Å². The Morgan fingerprint density at radius 3 is 2.27 bits per heavy atom. The van der Waals surface area contributed by atoms with E-state index in [1.165, 1.54) is 28.4 Å². The Morgan fingerprint density at radius 2 is 1.55 bits per heavy atom. The van der Waals surface area contributed by atoms with E-state index in [1.54, 1.807) is 41.8 Å². The number of aryl methyl sites for hydroxylation is 1. The van der Waals surface area contributed by atoms with Gasteiger partial charge in [-0.15, -0.1) is 11.3 Å². The lowest BCUT2D eigenvalue weighted by Crippen LogP contribution is -2.59. The van der Waals surface area contributed by atoms with Crippen LogP contribution in [0.5, 0.6) is 0 Å². The third-order valence-electron chi connectivity index (χ3n) is 18.3. The summed E-state index contributed by atoms with van der Waals surface area (Å²) in [5, 5.41) is 25.2. The van der Waals surface area contributed by atoms with Gasteiger partial charge in [-0.05, 0) is 141 Å². The van der Waals surface area contributed by atoms with E-state index in [2.05, 4.69) is 35.5 Å². The number of fused-ring (bicyclic) bond motifs is 2. The molecule has 8 heterocycles. The van der Waals surface area contributed by atoms with E-state index in [0.29, 0.717) is 98.8 Å². The summed E-state index contributed by atoms with van der Waals surface area (Å²) in [6.07, 6.45) is 4.09. The third kappa shape index (κ3) is 13.7. The number of ether oxygens (including phenoxy) is 1. The summed E-state index contributed by atoms with van der Waals surface area (Å²) in [5.74, 6) is -2.01. The zero-order chi connectivity index (χ0) is 64.6. The molecule has 0 saturated carbocycles. The monoisotopic (exact) mass is 1300 g/mol. The van der Waals surface area contributed by atoms with E-state index in [4.69, 9.17) is 14.8 Å². The highest BCUT2D eigenvalue weighted by molar-refractivity contribution is 7.90. The Morgan fingerprint density at radius 1 is 0.804 bits per heavy atom. The summed E-state index contributed by atoms with van der Waals surface area (Å²) in [7, 11) is -4.47. The number of hydrogen-bond acceptors (Lipinski definition) is 17. The van der Waals surface area contributed by atoms with Gasteiger partial charge in [0.15, 0.2) is 5.13 Å². The van der Waals surface area contributed by atoms with Gasteiger partial charge < -0.3 is 35.2 Å². The highest BCUT2D eigenvalue weighted by Crippen LogP contribution is 2.36. The number of likely N-dealkylation sites (tertiary alicyclic amines) is 1. The summed E-state index contributed by atoms with van der Waals surface area (Å²) in [5.41, 5.74) is 9.47. The van der Waals surface area contributed by atoms with Crippen molar-refractivity contribution in [1.82, 2.24) is 45.0 Å². The fourth-order valence-corrected chi connectivity index (χ4v) is 15.5. The van der Waals surface area contributed by atoms with Gasteiger partial charge in [0.25, 0.3) is 21.8 Å². The molecule has 24 heteroatoms. The van der Waals surface area contributed by atoms with Crippen LogP contribution in [0.1, 0.15) is 115 Å². The Kier molecular flexibility index (Phi) is 18.5. The fourth-order valence-electron chi connectivity index (χ4n) is 12.9. The number of carbonyl (C=O) groups is 5. The van der Waals surface area contributed by atoms with E-state index in [-0.39, 0.29) is 41.4 Å². The molecule has 0 aliphatic carbocycles. The molecular formula is C68H76N12O9S3. The maximum Gasteiger partial charge on any atom is 0.284 e. The van der Waals surface area contributed by atoms with Gasteiger partial charge in [-0.1, -0.05) is 80.6 Å². The number of sulfonamides is 1. The first-order valence-corrected chi connectivity index (χ1v) is 34.5. The number of rotatable bonds is 17. The number of anilines is 3. The smallest absolute Gasteiger partial charge is 0.284 e. The van der Waals surface area contributed by atoms with Gasteiger partial charge in [0, 0.05) is 92.9 Å². The van der Waals surface area contributed by atoms with Gasteiger partial charge in [-0.25, -0.2) is 28.1 Å².